The molecule has 7 heavy (non-hydrogen) atoms. The molecule has 0 heterocycles. The average Bonchev–Trinajstić information content (AvgIpc) is 1.30. The van der Waals surface area contributed by atoms with E-state index in [-0.39, 0.29) is 5.54 Å². The Balaban J connectivity index is 3.40. The van der Waals surface area contributed by atoms with Gasteiger partial charge in [0.1, 0.15) is 0 Å². The van der Waals surface area contributed by atoms with Crippen molar-refractivity contribution in [1.82, 2.24) is 5.43 Å². The van der Waals surface area contributed by atoms with Crippen LogP contribution in [0.5, 0.6) is 0 Å². The molecule has 0 amide bonds. The van der Waals surface area contributed by atoms with E-state index in [0.717, 1.165) is 0 Å². The summed E-state index contributed by atoms with van der Waals surface area (Å²) in [4.78, 5) is 3.26. The molecule has 0 fully saturated rings. The molecule has 0 aromatic rings. The molecule has 0 aliphatic heterocycles. The van der Waals surface area contributed by atoms with E-state index in [1.807, 2.05) is 20.8 Å². The molecule has 0 aromatic carbocycles. The van der Waals surface area contributed by atoms with Crippen LogP contribution in [-0.4, -0.2) is 5.54 Å². The summed E-state index contributed by atoms with van der Waals surface area (Å²) < 4.78 is 0. The van der Waals surface area contributed by atoms with E-state index in [9.17, 15) is 0 Å². The van der Waals surface area contributed by atoms with Crippen LogP contribution < -0.4 is 5.43 Å². The Morgan fingerprint density at radius 3 is 1.86 bits per heavy atom. The highest BCUT2D eigenvalue weighted by Crippen LogP contribution is 1.96. The van der Waals surface area contributed by atoms with Crippen LogP contribution in [0.1, 0.15) is 20.8 Å². The summed E-state index contributed by atoms with van der Waals surface area (Å²) in [5, 5.41) is 0. The smallest absolute Gasteiger partial charge is 0.0761 e. The Labute approximate surface area is 44.3 Å². The van der Waals surface area contributed by atoms with E-state index in [4.69, 9.17) is 6.57 Å². The lowest BCUT2D eigenvalue weighted by molar-refractivity contribution is 0.489. The Hall–Kier alpha value is -0.710. The molecule has 0 saturated heterocycles. The maximum atomic E-state index is 4.83. The summed E-state index contributed by atoms with van der Waals surface area (Å²) >= 11 is 0. The largest absolute Gasteiger partial charge is 0.304 e. The predicted molar refractivity (Wildman–Crippen MR) is 31.2 cm³/mol. The zero-order chi connectivity index (χ0) is 5.91. The van der Waals surface area contributed by atoms with Gasteiger partial charge in [-0.05, 0) is 20.8 Å². The van der Waals surface area contributed by atoms with Crippen LogP contribution in [0.25, 0.3) is 4.95 Å². The molecule has 0 bridgehead atoms. The number of rotatable bonds is 0. The van der Waals surface area contributed by atoms with Crippen molar-refractivity contribution in [2.45, 2.75) is 26.3 Å². The maximum Gasteiger partial charge on any atom is 0.304 e. The van der Waals surface area contributed by atoms with Crippen LogP contribution in [0, 0.1) is 6.57 Å². The van der Waals surface area contributed by atoms with Crippen molar-refractivity contribution in [3.8, 4) is 6.57 Å². The molecule has 40 valence electrons. The lowest BCUT2D eigenvalue weighted by Crippen LogP contribution is -2.29. The summed E-state index contributed by atoms with van der Waals surface area (Å²) in [6.45, 7) is 10.8. The lowest BCUT2D eigenvalue weighted by atomic mass is 10.1. The van der Waals surface area contributed by atoms with Crippen molar-refractivity contribution in [3.05, 3.63) is 4.95 Å². The normalized spacial score (nSPS) is 10.0. The molecule has 2 nitrogen and oxygen atoms in total. The zero-order valence-electron chi connectivity index (χ0n) is 5.02. The average molecular weight is 99.2 g/mol. The Kier molecular flexibility index (Phi) is 1.65. The van der Waals surface area contributed by atoms with Crippen LogP contribution in [0.3, 0.4) is 0 Å². The summed E-state index contributed by atoms with van der Waals surface area (Å²) in [6, 6.07) is 0. The third kappa shape index (κ3) is 5.29. The summed E-state index contributed by atoms with van der Waals surface area (Å²) in [5.41, 5.74) is 2.70. The number of hydrogen-bond acceptors (Lipinski definition) is 1. The minimum absolute atomic E-state index is 0.00868. The molecule has 0 aliphatic carbocycles. The van der Waals surface area contributed by atoms with Gasteiger partial charge >= 0.3 is 6.57 Å². The minimum Gasteiger partial charge on any atom is -0.0761 e. The van der Waals surface area contributed by atoms with E-state index in [0.29, 0.717) is 0 Å². The molecule has 2 heteroatoms. The van der Waals surface area contributed by atoms with Crippen molar-refractivity contribution >= 4 is 0 Å². The molecular formula is C5H11N2+. The highest BCUT2D eigenvalue weighted by atomic mass is 15.3. The maximum absolute atomic E-state index is 4.83. The van der Waals surface area contributed by atoms with Crippen LogP contribution in [0.4, 0.5) is 0 Å². The second kappa shape index (κ2) is 1.83. The van der Waals surface area contributed by atoms with Gasteiger partial charge in [-0.1, -0.05) is 5.43 Å². The molecule has 0 atom stereocenters. The second-order valence-corrected chi connectivity index (χ2v) is 2.49. The topological polar surface area (TPSA) is 16.4 Å². The molecule has 0 unspecified atom stereocenters. The fourth-order valence-corrected chi connectivity index (χ4v) is 0.194. The summed E-state index contributed by atoms with van der Waals surface area (Å²) in [7, 11) is 0. The highest BCUT2D eigenvalue weighted by molar-refractivity contribution is 4.73. The standard InChI is InChI=1S/C5H11N2/c1-5(2,3)7-6-4/h4,7H,1-3H3/q+1. The zero-order valence-corrected chi connectivity index (χ0v) is 5.02. The van der Waals surface area contributed by atoms with Gasteiger partial charge < -0.3 is 0 Å². The first-order chi connectivity index (χ1) is 3.06. The number of nitrogens with one attached hydrogen (secondary N) is 1. The molecule has 0 rings (SSSR count). The molecule has 0 spiro atoms. The highest BCUT2D eigenvalue weighted by Gasteiger charge is 2.11. The van der Waals surface area contributed by atoms with E-state index in [1.165, 1.54) is 0 Å². The van der Waals surface area contributed by atoms with E-state index in [2.05, 4.69) is 10.4 Å². The minimum atomic E-state index is 0.00868. The Bertz CT molecular complexity index is 83.2. The SMILES string of the molecule is C#[N+]NC(C)(C)C. The summed E-state index contributed by atoms with van der Waals surface area (Å²) in [5.74, 6) is 0. The first kappa shape index (κ1) is 6.29. The van der Waals surface area contributed by atoms with Gasteiger partial charge in [0.05, 0.1) is 10.5 Å². The fraction of sp³-hybridized carbons (Fsp3) is 0.800. The van der Waals surface area contributed by atoms with Crippen LogP contribution in [0.15, 0.2) is 0 Å². The molecule has 1 N–H and O–H groups in total. The first-order valence-electron chi connectivity index (χ1n) is 2.23. The van der Waals surface area contributed by atoms with Crippen molar-refractivity contribution in [2.24, 2.45) is 0 Å². The van der Waals surface area contributed by atoms with Crippen molar-refractivity contribution in [3.63, 3.8) is 0 Å². The molecule has 0 aromatic heterocycles. The third-order valence-electron chi connectivity index (χ3n) is 0.400. The molecular weight excluding hydrogens is 88.1 g/mol. The van der Waals surface area contributed by atoms with E-state index in [1.54, 1.807) is 0 Å². The van der Waals surface area contributed by atoms with Gasteiger partial charge in [-0.25, -0.2) is 0 Å². The Morgan fingerprint density at radius 2 is 1.86 bits per heavy atom. The van der Waals surface area contributed by atoms with Crippen molar-refractivity contribution in [1.29, 1.82) is 0 Å². The monoisotopic (exact) mass is 99.1 g/mol. The van der Waals surface area contributed by atoms with Crippen LogP contribution >= 0.6 is 0 Å². The van der Waals surface area contributed by atoms with Gasteiger partial charge in [0.2, 0.25) is 0 Å². The second-order valence-electron chi connectivity index (χ2n) is 2.49. The van der Waals surface area contributed by atoms with Crippen LogP contribution in [-0.2, 0) is 0 Å². The lowest BCUT2D eigenvalue weighted by Gasteiger charge is -2.06. The molecule has 0 aliphatic rings. The molecule has 0 saturated carbocycles. The third-order valence-corrected chi connectivity index (χ3v) is 0.400. The fourth-order valence-electron chi connectivity index (χ4n) is 0.194. The quantitative estimate of drug-likeness (QED) is 0.452. The molecule has 0 radical (unpaired) electrons. The van der Waals surface area contributed by atoms with Gasteiger partial charge in [-0.15, -0.1) is 0 Å². The predicted octanol–water partition coefficient (Wildman–Crippen LogP) is 1.25. The van der Waals surface area contributed by atoms with Gasteiger partial charge in [0.15, 0.2) is 0 Å². The van der Waals surface area contributed by atoms with Gasteiger partial charge in [-0.3, -0.25) is 0 Å². The number of hydrogen-bond donors (Lipinski definition) is 1. The van der Waals surface area contributed by atoms with Gasteiger partial charge in [0.25, 0.3) is 0 Å². The van der Waals surface area contributed by atoms with Gasteiger partial charge in [-0.2, -0.15) is 0 Å². The van der Waals surface area contributed by atoms with Gasteiger partial charge in [0, 0.05) is 0 Å². The summed E-state index contributed by atoms with van der Waals surface area (Å²) in [6.07, 6.45) is 0. The van der Waals surface area contributed by atoms with E-state index >= 15 is 0 Å². The van der Waals surface area contributed by atoms with Crippen molar-refractivity contribution in [2.75, 3.05) is 0 Å². The van der Waals surface area contributed by atoms with Crippen LogP contribution in [0.2, 0.25) is 0 Å². The van der Waals surface area contributed by atoms with Crippen molar-refractivity contribution < 1.29 is 0 Å². The number of nitrogens with zero attached hydrogens (tertiary/aromatic N) is 1. The Morgan fingerprint density at radius 1 is 1.43 bits per heavy atom. The first-order valence-corrected chi connectivity index (χ1v) is 2.23. The van der Waals surface area contributed by atoms with E-state index < -0.39 is 0 Å².